The molecule has 1 aromatic rings. The van der Waals surface area contributed by atoms with Gasteiger partial charge in [0.15, 0.2) is 5.82 Å². The van der Waals surface area contributed by atoms with E-state index in [1.807, 2.05) is 0 Å². The van der Waals surface area contributed by atoms with Gasteiger partial charge in [0, 0.05) is 11.8 Å². The molecule has 0 fully saturated rings. The molecule has 1 aromatic heterocycles. The first-order chi connectivity index (χ1) is 9.90. The van der Waals surface area contributed by atoms with Gasteiger partial charge in [-0.15, -0.1) is 0 Å². The van der Waals surface area contributed by atoms with Crippen molar-refractivity contribution in [2.45, 2.75) is 59.1 Å². The lowest BCUT2D eigenvalue weighted by molar-refractivity contribution is -0.137. The van der Waals surface area contributed by atoms with Gasteiger partial charge in [-0.25, -0.2) is 4.98 Å². The predicted molar refractivity (Wildman–Crippen MR) is 78.3 cm³/mol. The standard InChI is InChI=1S/C14H26N4O3/c1-4-5-6-7-10-16-11(18-17-10)8-15-13(21)12(20)14(2,3)9-19/h12,19-20H,4-9H2,1-3H3,(H,15,21)(H,16,17,18)/t12-/m0/s1. The molecule has 21 heavy (non-hydrogen) atoms. The van der Waals surface area contributed by atoms with Crippen LogP contribution in [0.25, 0.3) is 0 Å². The maximum Gasteiger partial charge on any atom is 0.249 e. The number of nitrogens with zero attached hydrogens (tertiary/aromatic N) is 2. The third-order valence-corrected chi connectivity index (χ3v) is 3.41. The van der Waals surface area contributed by atoms with Crippen LogP contribution in [0.15, 0.2) is 0 Å². The highest BCUT2D eigenvalue weighted by molar-refractivity contribution is 5.81. The Morgan fingerprint density at radius 2 is 2.14 bits per heavy atom. The highest BCUT2D eigenvalue weighted by atomic mass is 16.3. The lowest BCUT2D eigenvalue weighted by atomic mass is 9.87. The Bertz CT molecular complexity index is 445. The summed E-state index contributed by atoms with van der Waals surface area (Å²) in [6.07, 6.45) is 2.88. The Kier molecular flexibility index (Phi) is 6.77. The van der Waals surface area contributed by atoms with Gasteiger partial charge in [-0.3, -0.25) is 9.89 Å². The average Bonchev–Trinajstić information content (AvgIpc) is 2.92. The summed E-state index contributed by atoms with van der Waals surface area (Å²) in [4.78, 5) is 16.1. The van der Waals surface area contributed by atoms with Gasteiger partial charge in [0.1, 0.15) is 11.9 Å². The van der Waals surface area contributed by atoms with E-state index in [0.717, 1.165) is 31.5 Å². The molecule has 0 bridgehead atoms. The largest absolute Gasteiger partial charge is 0.396 e. The lowest BCUT2D eigenvalue weighted by Gasteiger charge is -2.26. The topological polar surface area (TPSA) is 111 Å². The molecule has 4 N–H and O–H groups in total. The first-order valence-corrected chi connectivity index (χ1v) is 7.37. The number of hydrogen-bond acceptors (Lipinski definition) is 5. The molecule has 0 radical (unpaired) electrons. The number of carbonyl (C=O) groups excluding carboxylic acids is 1. The molecule has 0 saturated carbocycles. The zero-order valence-electron chi connectivity index (χ0n) is 13.0. The fourth-order valence-corrected chi connectivity index (χ4v) is 1.77. The number of aliphatic hydroxyl groups is 2. The van der Waals surface area contributed by atoms with Crippen LogP contribution in [0, 0.1) is 5.41 Å². The number of nitrogens with one attached hydrogen (secondary N) is 2. The third-order valence-electron chi connectivity index (χ3n) is 3.41. The van der Waals surface area contributed by atoms with Gasteiger partial charge >= 0.3 is 0 Å². The number of aromatic amines is 1. The van der Waals surface area contributed by atoms with Gasteiger partial charge < -0.3 is 15.5 Å². The molecule has 0 aliphatic heterocycles. The van der Waals surface area contributed by atoms with Crippen molar-refractivity contribution in [2.24, 2.45) is 5.41 Å². The molecule has 120 valence electrons. The summed E-state index contributed by atoms with van der Waals surface area (Å²) in [5, 5.41) is 28.4. The number of aliphatic hydroxyl groups excluding tert-OH is 2. The molecule has 1 amide bonds. The van der Waals surface area contributed by atoms with Crippen LogP contribution < -0.4 is 5.32 Å². The van der Waals surface area contributed by atoms with Crippen molar-refractivity contribution in [1.82, 2.24) is 20.5 Å². The lowest BCUT2D eigenvalue weighted by Crippen LogP contribution is -2.45. The number of rotatable bonds is 9. The summed E-state index contributed by atoms with van der Waals surface area (Å²) in [7, 11) is 0. The van der Waals surface area contributed by atoms with Crippen LogP contribution in [0.5, 0.6) is 0 Å². The van der Waals surface area contributed by atoms with Crippen LogP contribution in [0.2, 0.25) is 0 Å². The van der Waals surface area contributed by atoms with E-state index in [9.17, 15) is 9.90 Å². The van der Waals surface area contributed by atoms with Crippen LogP contribution >= 0.6 is 0 Å². The maximum atomic E-state index is 11.8. The average molecular weight is 298 g/mol. The highest BCUT2D eigenvalue weighted by Gasteiger charge is 2.32. The second kappa shape index (κ2) is 8.09. The first-order valence-electron chi connectivity index (χ1n) is 7.37. The van der Waals surface area contributed by atoms with E-state index < -0.39 is 17.4 Å². The number of aromatic nitrogens is 3. The van der Waals surface area contributed by atoms with E-state index in [1.54, 1.807) is 13.8 Å². The Balaban J connectivity index is 2.43. The highest BCUT2D eigenvalue weighted by Crippen LogP contribution is 2.19. The van der Waals surface area contributed by atoms with Crippen molar-refractivity contribution in [3.8, 4) is 0 Å². The smallest absolute Gasteiger partial charge is 0.249 e. The van der Waals surface area contributed by atoms with E-state index in [-0.39, 0.29) is 13.2 Å². The van der Waals surface area contributed by atoms with Crippen LogP contribution in [-0.2, 0) is 17.8 Å². The minimum atomic E-state index is -1.27. The molecule has 1 rings (SSSR count). The fraction of sp³-hybridized carbons (Fsp3) is 0.786. The quantitative estimate of drug-likeness (QED) is 0.497. The number of unbranched alkanes of at least 4 members (excludes halogenated alkanes) is 2. The Morgan fingerprint density at radius 3 is 2.76 bits per heavy atom. The molecule has 1 heterocycles. The zero-order chi connectivity index (χ0) is 15.9. The summed E-state index contributed by atoms with van der Waals surface area (Å²) in [6.45, 7) is 5.29. The molecule has 0 saturated heterocycles. The molecule has 0 spiro atoms. The molecule has 0 unspecified atom stereocenters. The van der Waals surface area contributed by atoms with Crippen LogP contribution in [0.3, 0.4) is 0 Å². The predicted octanol–water partition coefficient (Wildman–Crippen LogP) is 0.533. The number of carbonyl (C=O) groups is 1. The number of amides is 1. The minimum Gasteiger partial charge on any atom is -0.396 e. The molecular formula is C14H26N4O3. The van der Waals surface area contributed by atoms with Gasteiger partial charge in [-0.2, -0.15) is 5.10 Å². The number of H-pyrrole nitrogens is 1. The van der Waals surface area contributed by atoms with E-state index in [2.05, 4.69) is 27.4 Å². The summed E-state index contributed by atoms with van der Waals surface area (Å²) in [5.41, 5.74) is -0.878. The summed E-state index contributed by atoms with van der Waals surface area (Å²) in [6, 6.07) is 0. The molecule has 1 atom stereocenters. The normalized spacial score (nSPS) is 13.2. The van der Waals surface area contributed by atoms with Gasteiger partial charge in [-0.05, 0) is 6.42 Å². The van der Waals surface area contributed by atoms with Crippen LogP contribution in [-0.4, -0.2) is 44.0 Å². The zero-order valence-corrected chi connectivity index (χ0v) is 13.0. The number of hydrogen-bond donors (Lipinski definition) is 4. The SMILES string of the molecule is CCCCCc1n[nH]c(CNC(=O)[C@H](O)C(C)(C)CO)n1. The molecule has 7 heteroatoms. The third kappa shape index (κ3) is 5.43. The monoisotopic (exact) mass is 298 g/mol. The Hall–Kier alpha value is -1.47. The summed E-state index contributed by atoms with van der Waals surface area (Å²) < 4.78 is 0. The van der Waals surface area contributed by atoms with Crippen molar-refractivity contribution in [1.29, 1.82) is 0 Å². The molecule has 0 aliphatic rings. The van der Waals surface area contributed by atoms with Crippen LogP contribution in [0.4, 0.5) is 0 Å². The Labute approximate surface area is 125 Å². The molecule has 0 aromatic carbocycles. The maximum absolute atomic E-state index is 11.8. The van der Waals surface area contributed by atoms with Gasteiger partial charge in [0.25, 0.3) is 0 Å². The van der Waals surface area contributed by atoms with Crippen molar-refractivity contribution in [2.75, 3.05) is 6.61 Å². The van der Waals surface area contributed by atoms with E-state index in [0.29, 0.717) is 5.82 Å². The summed E-state index contributed by atoms with van der Waals surface area (Å²) in [5.74, 6) is 0.769. The molecular weight excluding hydrogens is 272 g/mol. The van der Waals surface area contributed by atoms with E-state index >= 15 is 0 Å². The molecule has 7 nitrogen and oxygen atoms in total. The Morgan fingerprint density at radius 1 is 1.43 bits per heavy atom. The first kappa shape index (κ1) is 17.6. The van der Waals surface area contributed by atoms with E-state index in [1.165, 1.54) is 0 Å². The minimum absolute atomic E-state index is 0.179. The number of aryl methyl sites for hydroxylation is 1. The fourth-order valence-electron chi connectivity index (χ4n) is 1.77. The van der Waals surface area contributed by atoms with Crippen molar-refractivity contribution in [3.05, 3.63) is 11.6 Å². The van der Waals surface area contributed by atoms with E-state index in [4.69, 9.17) is 5.11 Å². The molecule has 0 aliphatic carbocycles. The van der Waals surface area contributed by atoms with Crippen molar-refractivity contribution in [3.63, 3.8) is 0 Å². The van der Waals surface area contributed by atoms with Gasteiger partial charge in [-0.1, -0.05) is 33.6 Å². The second-order valence-electron chi connectivity index (χ2n) is 5.92. The van der Waals surface area contributed by atoms with Crippen LogP contribution in [0.1, 0.15) is 51.7 Å². The summed E-state index contributed by atoms with van der Waals surface area (Å²) >= 11 is 0. The van der Waals surface area contributed by atoms with Crippen molar-refractivity contribution < 1.29 is 15.0 Å². The van der Waals surface area contributed by atoms with Gasteiger partial charge in [0.2, 0.25) is 5.91 Å². The van der Waals surface area contributed by atoms with Gasteiger partial charge in [0.05, 0.1) is 13.2 Å². The second-order valence-corrected chi connectivity index (χ2v) is 5.92. The van der Waals surface area contributed by atoms with Crippen molar-refractivity contribution >= 4 is 5.91 Å².